The fraction of sp³-hybridized carbons (Fsp3) is 1.00. The lowest BCUT2D eigenvalue weighted by Gasteiger charge is -2.06. The van der Waals surface area contributed by atoms with Crippen LogP contribution in [0.5, 0.6) is 0 Å². The Morgan fingerprint density at radius 1 is 1.42 bits per heavy atom. The van der Waals surface area contributed by atoms with Crippen molar-refractivity contribution in [2.75, 3.05) is 6.56 Å². The van der Waals surface area contributed by atoms with Gasteiger partial charge in [-0.3, -0.25) is 4.18 Å². The van der Waals surface area contributed by atoms with Crippen molar-refractivity contribution in [3.63, 3.8) is 0 Å². The summed E-state index contributed by atoms with van der Waals surface area (Å²) in [6, 6.07) is 0. The molecule has 12 heavy (non-hydrogen) atoms. The van der Waals surface area contributed by atoms with Gasteiger partial charge in [-0.2, -0.15) is 21.6 Å². The standard InChI is InChI=1S/C3H3F5O3S/c4-2(5)1-11-12(9,10)3(6,7)8/h2H,1H2/i1D2. The third-order valence-electron chi connectivity index (χ3n) is 0.530. The van der Waals surface area contributed by atoms with Crippen LogP contribution >= 0.6 is 0 Å². The van der Waals surface area contributed by atoms with Gasteiger partial charge >= 0.3 is 15.6 Å². The lowest BCUT2D eigenvalue weighted by Crippen LogP contribution is -2.27. The van der Waals surface area contributed by atoms with E-state index in [4.69, 9.17) is 2.74 Å². The number of halogens is 5. The molecule has 0 unspecified atom stereocenters. The molecule has 0 rings (SSSR count). The van der Waals surface area contributed by atoms with E-state index in [0.717, 1.165) is 0 Å². The largest absolute Gasteiger partial charge is 0.523 e. The molecule has 0 atom stereocenters. The molecule has 0 N–H and O–H groups in total. The fourth-order valence-corrected chi connectivity index (χ4v) is 0.441. The lowest BCUT2D eigenvalue weighted by atomic mass is 10.8. The zero-order valence-corrected chi connectivity index (χ0v) is 5.92. The smallest absolute Gasteiger partial charge is 0.257 e. The highest BCUT2D eigenvalue weighted by Gasteiger charge is 2.47. The third kappa shape index (κ3) is 3.30. The maximum atomic E-state index is 11.6. The highest BCUT2D eigenvalue weighted by Crippen LogP contribution is 2.24. The summed E-state index contributed by atoms with van der Waals surface area (Å²) < 4.78 is 92.8. The van der Waals surface area contributed by atoms with Gasteiger partial charge in [0.25, 0.3) is 6.43 Å². The Balaban J connectivity index is 4.88. The van der Waals surface area contributed by atoms with Crippen molar-refractivity contribution in [1.29, 1.82) is 0 Å². The van der Waals surface area contributed by atoms with Crippen LogP contribution in [0.3, 0.4) is 0 Å². The van der Waals surface area contributed by atoms with Crippen LogP contribution in [0.1, 0.15) is 2.74 Å². The van der Waals surface area contributed by atoms with Crippen molar-refractivity contribution in [2.24, 2.45) is 0 Å². The molecule has 0 aromatic rings. The van der Waals surface area contributed by atoms with Crippen LogP contribution in [-0.4, -0.2) is 26.9 Å². The molecular formula is C3H3F5O3S. The van der Waals surface area contributed by atoms with Crippen molar-refractivity contribution in [1.82, 2.24) is 0 Å². The summed E-state index contributed by atoms with van der Waals surface area (Å²) in [4.78, 5) is 0. The predicted octanol–water partition coefficient (Wildman–Crippen LogP) is 1.12. The molecule has 0 aliphatic carbocycles. The average molecular weight is 216 g/mol. The van der Waals surface area contributed by atoms with Crippen molar-refractivity contribution >= 4 is 10.1 Å². The van der Waals surface area contributed by atoms with E-state index >= 15 is 0 Å². The Labute approximate surface area is 67.1 Å². The Morgan fingerprint density at radius 2 is 1.83 bits per heavy atom. The lowest BCUT2D eigenvalue weighted by molar-refractivity contribution is -0.0572. The minimum Gasteiger partial charge on any atom is -0.257 e. The number of hydrogen-bond acceptors (Lipinski definition) is 3. The normalized spacial score (nSPS) is 17.5. The summed E-state index contributed by atoms with van der Waals surface area (Å²) >= 11 is 0. The molecule has 9 heteroatoms. The van der Waals surface area contributed by atoms with Crippen LogP contribution in [0, 0.1) is 0 Å². The van der Waals surface area contributed by atoms with E-state index in [0.29, 0.717) is 0 Å². The Bertz CT molecular complexity index is 296. The van der Waals surface area contributed by atoms with Crippen LogP contribution in [0.25, 0.3) is 0 Å². The van der Waals surface area contributed by atoms with E-state index in [-0.39, 0.29) is 0 Å². The molecular weight excluding hydrogens is 211 g/mol. The monoisotopic (exact) mass is 216 g/mol. The SMILES string of the molecule is [2H]C([2H])(OS(=O)(=O)C(F)(F)F)C(F)F. The van der Waals surface area contributed by atoms with Gasteiger partial charge in [-0.25, -0.2) is 8.78 Å². The summed E-state index contributed by atoms with van der Waals surface area (Å²) in [5.74, 6) is 0. The van der Waals surface area contributed by atoms with Crippen molar-refractivity contribution in [3.8, 4) is 0 Å². The second-order valence-corrected chi connectivity index (χ2v) is 2.94. The first-order valence-corrected chi connectivity index (χ1v) is 3.61. The summed E-state index contributed by atoms with van der Waals surface area (Å²) in [5.41, 5.74) is -5.94. The summed E-state index contributed by atoms with van der Waals surface area (Å²) in [5, 5.41) is 0. The minimum absolute atomic E-state index is 2.68. The molecule has 0 aromatic carbocycles. The molecule has 0 aliphatic heterocycles. The van der Waals surface area contributed by atoms with Crippen LogP contribution in [0.15, 0.2) is 0 Å². The number of hydrogen-bond donors (Lipinski definition) is 0. The van der Waals surface area contributed by atoms with E-state index < -0.39 is 28.6 Å². The van der Waals surface area contributed by atoms with Gasteiger partial charge in [0.2, 0.25) is 0 Å². The molecule has 0 saturated carbocycles. The van der Waals surface area contributed by atoms with Crippen LogP contribution in [-0.2, 0) is 14.3 Å². The van der Waals surface area contributed by atoms with E-state index in [1.54, 1.807) is 0 Å². The Kier molecular flexibility index (Phi) is 2.40. The maximum Gasteiger partial charge on any atom is 0.523 e. The predicted molar refractivity (Wildman–Crippen MR) is 26.9 cm³/mol. The third-order valence-corrected chi connectivity index (χ3v) is 1.41. The van der Waals surface area contributed by atoms with Gasteiger partial charge in [0.05, 0.1) is 2.74 Å². The molecule has 0 saturated heterocycles. The van der Waals surface area contributed by atoms with Gasteiger partial charge in [-0.05, 0) is 0 Å². The molecule has 0 fully saturated rings. The Hall–Kier alpha value is -0.440. The molecule has 0 spiro atoms. The van der Waals surface area contributed by atoms with Gasteiger partial charge in [0.15, 0.2) is 0 Å². The van der Waals surface area contributed by atoms with E-state index in [1.807, 2.05) is 0 Å². The quantitative estimate of drug-likeness (QED) is 0.403. The molecule has 0 heterocycles. The van der Waals surface area contributed by atoms with Gasteiger partial charge in [-0.15, -0.1) is 0 Å². The zero-order chi connectivity index (χ0) is 11.8. The molecule has 3 nitrogen and oxygen atoms in total. The first-order chi connectivity index (χ1) is 5.90. The van der Waals surface area contributed by atoms with Gasteiger partial charge < -0.3 is 0 Å². The summed E-state index contributed by atoms with van der Waals surface area (Å²) in [7, 11) is -6.36. The van der Waals surface area contributed by atoms with E-state index in [9.17, 15) is 30.4 Å². The van der Waals surface area contributed by atoms with Gasteiger partial charge in [0, 0.05) is 0 Å². The molecule has 0 amide bonds. The van der Waals surface area contributed by atoms with Crippen molar-refractivity contribution in [2.45, 2.75) is 11.9 Å². The second kappa shape index (κ2) is 3.52. The highest BCUT2D eigenvalue weighted by molar-refractivity contribution is 7.87. The second-order valence-electron chi connectivity index (χ2n) is 1.40. The molecule has 0 aromatic heterocycles. The average Bonchev–Trinajstić information content (AvgIpc) is 1.80. The zero-order valence-electron chi connectivity index (χ0n) is 7.10. The highest BCUT2D eigenvalue weighted by atomic mass is 32.2. The van der Waals surface area contributed by atoms with E-state index in [1.165, 1.54) is 0 Å². The topological polar surface area (TPSA) is 43.4 Å². The number of alkyl halides is 5. The molecule has 0 aliphatic rings. The van der Waals surface area contributed by atoms with Crippen LogP contribution in [0.2, 0.25) is 0 Å². The maximum absolute atomic E-state index is 11.6. The van der Waals surface area contributed by atoms with Crippen molar-refractivity contribution < 1.29 is 37.3 Å². The molecule has 74 valence electrons. The molecule has 0 radical (unpaired) electrons. The van der Waals surface area contributed by atoms with Crippen LogP contribution in [0.4, 0.5) is 22.0 Å². The van der Waals surface area contributed by atoms with Gasteiger partial charge in [-0.1, -0.05) is 0 Å². The summed E-state index contributed by atoms with van der Waals surface area (Å²) in [6.45, 7) is -4.20. The minimum atomic E-state index is -6.36. The first-order valence-electron chi connectivity index (χ1n) is 3.20. The van der Waals surface area contributed by atoms with Gasteiger partial charge in [0.1, 0.15) is 6.56 Å². The first kappa shape index (κ1) is 8.17. The summed E-state index contributed by atoms with van der Waals surface area (Å²) in [6.07, 6.45) is -4.01. The Morgan fingerprint density at radius 3 is 2.08 bits per heavy atom. The fourth-order valence-electron chi connectivity index (χ4n) is 0.147. The molecule has 0 bridgehead atoms. The number of rotatable bonds is 3. The van der Waals surface area contributed by atoms with Crippen molar-refractivity contribution in [3.05, 3.63) is 0 Å². The van der Waals surface area contributed by atoms with Crippen LogP contribution < -0.4 is 0 Å². The van der Waals surface area contributed by atoms with E-state index in [2.05, 4.69) is 4.18 Å².